The molecule has 2 radical (unpaired) electrons. The standard InChI is InChI=1S/C38H38BNO4/c1-23(2)25-15-11-16-26(21-25)27-17-12-18-28(22-27)40(33-34(41)32(39)35(42)37(44)36(33)43)30-20-10-9-19-29(31(30)38(3,4)5)24-13-7-6-8-14-24/h6-8,10-23,41-44H,9H2,1-5H3. The van der Waals surface area contributed by atoms with Gasteiger partial charge in [0.1, 0.15) is 19.3 Å². The number of allylic oxidation sites excluding steroid dienone is 5. The maximum atomic E-state index is 11.4. The van der Waals surface area contributed by atoms with Gasteiger partial charge in [-0.15, -0.1) is 0 Å². The summed E-state index contributed by atoms with van der Waals surface area (Å²) in [6, 6.07) is 26.3. The van der Waals surface area contributed by atoms with Crippen molar-refractivity contribution in [3.8, 4) is 34.1 Å². The van der Waals surface area contributed by atoms with Crippen LogP contribution in [-0.4, -0.2) is 28.3 Å². The van der Waals surface area contributed by atoms with Crippen LogP contribution in [0, 0.1) is 5.41 Å². The molecule has 0 saturated carbocycles. The Labute approximate surface area is 261 Å². The van der Waals surface area contributed by atoms with Gasteiger partial charge in [0.25, 0.3) is 0 Å². The fourth-order valence-corrected chi connectivity index (χ4v) is 5.75. The third-order valence-electron chi connectivity index (χ3n) is 7.96. The van der Waals surface area contributed by atoms with Crippen LogP contribution in [0.1, 0.15) is 58.1 Å². The van der Waals surface area contributed by atoms with Crippen LogP contribution in [0.4, 0.5) is 11.4 Å². The van der Waals surface area contributed by atoms with Crippen LogP contribution in [-0.2, 0) is 0 Å². The molecular weight excluding hydrogens is 545 g/mol. The minimum Gasteiger partial charge on any atom is -0.506 e. The maximum Gasteiger partial charge on any atom is 0.202 e. The fraction of sp³-hybridized carbons (Fsp3) is 0.211. The Morgan fingerprint density at radius 1 is 0.727 bits per heavy atom. The zero-order chi connectivity index (χ0) is 31.8. The lowest BCUT2D eigenvalue weighted by molar-refractivity contribution is 0.365. The van der Waals surface area contributed by atoms with Crippen molar-refractivity contribution in [3.05, 3.63) is 119 Å². The molecule has 222 valence electrons. The van der Waals surface area contributed by atoms with E-state index in [9.17, 15) is 20.4 Å². The third-order valence-corrected chi connectivity index (χ3v) is 7.96. The molecule has 1 aliphatic rings. The first-order valence-electron chi connectivity index (χ1n) is 14.8. The first-order valence-corrected chi connectivity index (χ1v) is 14.8. The molecular formula is C38H38BNO4. The summed E-state index contributed by atoms with van der Waals surface area (Å²) in [5, 5.41) is 43.9. The highest BCUT2D eigenvalue weighted by atomic mass is 16.3. The second-order valence-corrected chi connectivity index (χ2v) is 12.5. The topological polar surface area (TPSA) is 84.2 Å². The van der Waals surface area contributed by atoms with Gasteiger partial charge in [0.2, 0.25) is 5.75 Å². The maximum absolute atomic E-state index is 11.4. The van der Waals surface area contributed by atoms with Crippen molar-refractivity contribution < 1.29 is 20.4 Å². The van der Waals surface area contributed by atoms with E-state index >= 15 is 0 Å². The number of phenols is 4. The molecule has 0 spiro atoms. The normalized spacial score (nSPS) is 13.6. The summed E-state index contributed by atoms with van der Waals surface area (Å²) in [6.07, 6.45) is 6.83. The molecule has 0 aromatic heterocycles. The van der Waals surface area contributed by atoms with Gasteiger partial charge >= 0.3 is 0 Å². The summed E-state index contributed by atoms with van der Waals surface area (Å²) in [5.41, 5.74) is 6.45. The molecule has 5 nitrogen and oxygen atoms in total. The SMILES string of the molecule is [B]c1c(O)c(O)c(O)c(N(C2=C(C(C)(C)C)C(c3ccccc3)=CCC=C2)c2cccc(-c3cccc(C(C)C)c3)c2)c1O. The fourth-order valence-electron chi connectivity index (χ4n) is 5.75. The zero-order valence-corrected chi connectivity index (χ0v) is 25.8. The lowest BCUT2D eigenvalue weighted by atomic mass is 9.77. The molecule has 0 atom stereocenters. The smallest absolute Gasteiger partial charge is 0.202 e. The molecule has 4 aromatic rings. The van der Waals surface area contributed by atoms with Crippen LogP contribution >= 0.6 is 0 Å². The van der Waals surface area contributed by atoms with Crippen LogP contribution in [0.15, 0.2) is 108 Å². The molecule has 0 bridgehead atoms. The molecule has 0 heterocycles. The molecule has 5 rings (SSSR count). The van der Waals surface area contributed by atoms with E-state index < -0.39 is 33.9 Å². The number of nitrogens with zero attached hydrogens (tertiary/aromatic N) is 1. The largest absolute Gasteiger partial charge is 0.506 e. The van der Waals surface area contributed by atoms with Crippen molar-refractivity contribution in [2.75, 3.05) is 4.90 Å². The predicted octanol–water partition coefficient (Wildman–Crippen LogP) is 8.58. The lowest BCUT2D eigenvalue weighted by Crippen LogP contribution is -2.24. The van der Waals surface area contributed by atoms with E-state index in [1.807, 2.05) is 60.7 Å². The van der Waals surface area contributed by atoms with Crippen molar-refractivity contribution >= 4 is 30.3 Å². The number of hydrogen-bond donors (Lipinski definition) is 4. The molecule has 0 aliphatic heterocycles. The minimum atomic E-state index is -0.810. The van der Waals surface area contributed by atoms with Gasteiger partial charge in [0.05, 0.1) is 5.70 Å². The average molecular weight is 584 g/mol. The van der Waals surface area contributed by atoms with E-state index in [0.29, 0.717) is 23.7 Å². The van der Waals surface area contributed by atoms with Crippen molar-refractivity contribution in [2.45, 2.75) is 47.0 Å². The van der Waals surface area contributed by atoms with Gasteiger partial charge in [0, 0.05) is 5.69 Å². The van der Waals surface area contributed by atoms with Gasteiger partial charge < -0.3 is 25.3 Å². The van der Waals surface area contributed by atoms with Gasteiger partial charge in [0.15, 0.2) is 11.5 Å². The molecule has 0 amide bonds. The summed E-state index contributed by atoms with van der Waals surface area (Å²) < 4.78 is 0. The van der Waals surface area contributed by atoms with Crippen molar-refractivity contribution in [1.29, 1.82) is 0 Å². The number of aromatic hydroxyl groups is 4. The number of phenolic OH excluding ortho intramolecular Hbond substituents is 4. The molecule has 4 N–H and O–H groups in total. The minimum absolute atomic E-state index is 0.137. The molecule has 44 heavy (non-hydrogen) atoms. The van der Waals surface area contributed by atoms with Crippen LogP contribution in [0.5, 0.6) is 23.0 Å². The van der Waals surface area contributed by atoms with Gasteiger partial charge in [-0.1, -0.05) is 114 Å². The van der Waals surface area contributed by atoms with E-state index in [-0.39, 0.29) is 5.69 Å². The summed E-state index contributed by atoms with van der Waals surface area (Å²) in [5.74, 6) is -2.48. The Hall–Kier alpha value is -4.84. The summed E-state index contributed by atoms with van der Waals surface area (Å²) in [4.78, 5) is 1.72. The van der Waals surface area contributed by atoms with E-state index in [2.05, 4.69) is 71.0 Å². The Morgan fingerprint density at radius 2 is 1.36 bits per heavy atom. The molecule has 4 aromatic carbocycles. The molecule has 0 unspecified atom stereocenters. The summed E-state index contributed by atoms with van der Waals surface area (Å²) in [6.45, 7) is 10.7. The molecule has 6 heteroatoms. The van der Waals surface area contributed by atoms with E-state index in [1.54, 1.807) is 4.90 Å². The van der Waals surface area contributed by atoms with Crippen LogP contribution in [0.25, 0.3) is 16.7 Å². The molecule has 0 fully saturated rings. The van der Waals surface area contributed by atoms with Gasteiger partial charge in [-0.2, -0.15) is 0 Å². The highest BCUT2D eigenvalue weighted by Crippen LogP contribution is 2.52. The zero-order valence-electron chi connectivity index (χ0n) is 25.8. The Morgan fingerprint density at radius 3 is 2.02 bits per heavy atom. The van der Waals surface area contributed by atoms with Crippen molar-refractivity contribution in [3.63, 3.8) is 0 Å². The van der Waals surface area contributed by atoms with E-state index in [4.69, 9.17) is 7.85 Å². The predicted molar refractivity (Wildman–Crippen MR) is 181 cm³/mol. The van der Waals surface area contributed by atoms with Crippen LogP contribution in [0.3, 0.4) is 0 Å². The Bertz CT molecular complexity index is 1770. The van der Waals surface area contributed by atoms with Gasteiger partial charge in [-0.05, 0) is 74.8 Å². The van der Waals surface area contributed by atoms with Gasteiger partial charge in [-0.3, -0.25) is 0 Å². The van der Waals surface area contributed by atoms with Crippen molar-refractivity contribution in [2.24, 2.45) is 5.41 Å². The molecule has 0 saturated heterocycles. The Balaban J connectivity index is 1.87. The van der Waals surface area contributed by atoms with Crippen molar-refractivity contribution in [1.82, 2.24) is 0 Å². The first kappa shape index (κ1) is 30.6. The third kappa shape index (κ3) is 5.72. The number of benzene rings is 4. The second-order valence-electron chi connectivity index (χ2n) is 12.5. The van der Waals surface area contributed by atoms with Gasteiger partial charge in [-0.25, -0.2) is 0 Å². The van der Waals surface area contributed by atoms with Crippen LogP contribution in [0.2, 0.25) is 0 Å². The Kier molecular flexibility index (Phi) is 8.38. The highest BCUT2D eigenvalue weighted by molar-refractivity contribution is 6.37. The average Bonchev–Trinajstić information content (AvgIpc) is 3.25. The number of hydrogen-bond acceptors (Lipinski definition) is 5. The number of rotatable bonds is 6. The summed E-state index contributed by atoms with van der Waals surface area (Å²) in [7, 11) is 6.09. The molecule has 1 aliphatic carbocycles. The van der Waals surface area contributed by atoms with Crippen LogP contribution < -0.4 is 10.4 Å². The van der Waals surface area contributed by atoms with E-state index in [1.165, 1.54) is 5.56 Å². The van der Waals surface area contributed by atoms with E-state index in [0.717, 1.165) is 27.8 Å². The number of anilines is 2. The summed E-state index contributed by atoms with van der Waals surface area (Å²) >= 11 is 0. The first-order chi connectivity index (χ1) is 20.9. The lowest BCUT2D eigenvalue weighted by Gasteiger charge is -2.35. The monoisotopic (exact) mass is 583 g/mol. The quantitative estimate of drug-likeness (QED) is 0.104. The highest BCUT2D eigenvalue weighted by Gasteiger charge is 2.33. The second kappa shape index (κ2) is 12.0.